The Hall–Kier alpha value is -2.32. The summed E-state index contributed by atoms with van der Waals surface area (Å²) in [7, 11) is 1.42. The third-order valence-corrected chi connectivity index (χ3v) is 6.71. The summed E-state index contributed by atoms with van der Waals surface area (Å²) < 4.78 is 15.9. The molecule has 0 saturated carbocycles. The Bertz CT molecular complexity index is 941. The zero-order valence-electron chi connectivity index (χ0n) is 16.5. The van der Waals surface area contributed by atoms with Crippen LogP contribution in [-0.4, -0.2) is 25.0 Å². The molecule has 1 unspecified atom stereocenters. The highest BCUT2D eigenvalue weighted by atomic mass is 32.1. The van der Waals surface area contributed by atoms with Crippen LogP contribution in [0.2, 0.25) is 0 Å². The number of fused-ring (bicyclic) bond motifs is 2. The highest BCUT2D eigenvalue weighted by Gasteiger charge is 2.26. The number of aryl methyl sites for hydroxylation is 1. The Labute approximate surface area is 179 Å². The first-order valence-corrected chi connectivity index (χ1v) is 11.0. The molecular weight excluding hydrogens is 408 g/mol. The number of hydrogen-bond donors (Lipinski definition) is 2. The smallest absolute Gasteiger partial charge is 0.341 e. The zero-order chi connectivity index (χ0) is 20.4. The molecule has 8 heteroatoms. The summed E-state index contributed by atoms with van der Waals surface area (Å²) in [5.41, 5.74) is 2.79. The fourth-order valence-electron chi connectivity index (χ4n) is 3.75. The molecule has 2 heterocycles. The molecule has 29 heavy (non-hydrogen) atoms. The number of carbonyl (C=O) groups excluding carboxylic acids is 1. The van der Waals surface area contributed by atoms with Crippen molar-refractivity contribution in [3.63, 3.8) is 0 Å². The van der Waals surface area contributed by atoms with E-state index < -0.39 is 0 Å². The summed E-state index contributed by atoms with van der Waals surface area (Å²) in [6, 6.07) is 5.80. The lowest BCUT2D eigenvalue weighted by Gasteiger charge is -2.18. The Morgan fingerprint density at radius 2 is 2.00 bits per heavy atom. The Balaban J connectivity index is 1.50. The number of benzene rings is 1. The van der Waals surface area contributed by atoms with Gasteiger partial charge in [0.2, 0.25) is 6.79 Å². The van der Waals surface area contributed by atoms with Crippen LogP contribution in [0.1, 0.15) is 58.6 Å². The van der Waals surface area contributed by atoms with Gasteiger partial charge in [-0.25, -0.2) is 4.79 Å². The molecule has 1 aliphatic heterocycles. The van der Waals surface area contributed by atoms with Gasteiger partial charge in [-0.3, -0.25) is 0 Å². The number of rotatable bonds is 4. The average molecular weight is 433 g/mol. The Morgan fingerprint density at radius 3 is 2.83 bits per heavy atom. The van der Waals surface area contributed by atoms with E-state index in [1.54, 1.807) is 11.3 Å². The van der Waals surface area contributed by atoms with Crippen LogP contribution in [0.4, 0.5) is 5.00 Å². The normalized spacial score (nSPS) is 15.8. The minimum absolute atomic E-state index is 0.0381. The summed E-state index contributed by atoms with van der Waals surface area (Å²) in [4.78, 5) is 13.7. The molecule has 6 nitrogen and oxygen atoms in total. The van der Waals surface area contributed by atoms with Gasteiger partial charge >= 0.3 is 5.97 Å². The molecule has 1 aromatic heterocycles. The van der Waals surface area contributed by atoms with Crippen LogP contribution in [0, 0.1) is 0 Å². The summed E-state index contributed by atoms with van der Waals surface area (Å²) >= 11 is 7.15. The highest BCUT2D eigenvalue weighted by molar-refractivity contribution is 7.80. The molecule has 154 valence electrons. The van der Waals surface area contributed by atoms with Gasteiger partial charge in [0.05, 0.1) is 18.7 Å². The van der Waals surface area contributed by atoms with Crippen molar-refractivity contribution < 1.29 is 19.0 Å². The van der Waals surface area contributed by atoms with E-state index in [0.29, 0.717) is 10.7 Å². The van der Waals surface area contributed by atoms with Crippen molar-refractivity contribution in [3.05, 3.63) is 39.8 Å². The van der Waals surface area contributed by atoms with Gasteiger partial charge in [-0.1, -0.05) is 12.5 Å². The van der Waals surface area contributed by atoms with Crippen LogP contribution >= 0.6 is 23.6 Å². The van der Waals surface area contributed by atoms with Gasteiger partial charge in [0.25, 0.3) is 0 Å². The molecule has 0 amide bonds. The third-order valence-electron chi connectivity index (χ3n) is 5.28. The van der Waals surface area contributed by atoms with Crippen molar-refractivity contribution in [1.29, 1.82) is 0 Å². The first kappa shape index (κ1) is 20.0. The van der Waals surface area contributed by atoms with E-state index in [1.165, 1.54) is 18.4 Å². The van der Waals surface area contributed by atoms with E-state index in [0.717, 1.165) is 53.3 Å². The number of hydrogen-bond acceptors (Lipinski definition) is 6. The molecule has 0 saturated heterocycles. The van der Waals surface area contributed by atoms with Crippen LogP contribution < -0.4 is 20.1 Å². The van der Waals surface area contributed by atoms with Gasteiger partial charge in [0.1, 0.15) is 5.00 Å². The zero-order valence-corrected chi connectivity index (χ0v) is 18.1. The molecular formula is C21H24N2O4S2. The molecule has 2 aromatic rings. The largest absolute Gasteiger partial charge is 0.465 e. The monoisotopic (exact) mass is 432 g/mol. The first-order chi connectivity index (χ1) is 14.1. The van der Waals surface area contributed by atoms with Crippen LogP contribution in [-0.2, 0) is 17.6 Å². The van der Waals surface area contributed by atoms with Crippen LogP contribution in [0.25, 0.3) is 0 Å². The van der Waals surface area contributed by atoms with E-state index in [-0.39, 0.29) is 18.8 Å². The summed E-state index contributed by atoms with van der Waals surface area (Å²) in [6.07, 6.45) is 5.34. The number of anilines is 1. The molecule has 0 fully saturated rings. The molecule has 2 N–H and O–H groups in total. The van der Waals surface area contributed by atoms with Crippen molar-refractivity contribution in [3.8, 4) is 11.5 Å². The fourth-order valence-corrected chi connectivity index (χ4v) is 5.38. The van der Waals surface area contributed by atoms with E-state index in [2.05, 4.69) is 10.6 Å². The van der Waals surface area contributed by atoms with Crippen molar-refractivity contribution in [1.82, 2.24) is 5.32 Å². The lowest BCUT2D eigenvalue weighted by atomic mass is 10.1. The number of thiocarbonyl (C=S) groups is 1. The predicted octanol–water partition coefficient (Wildman–Crippen LogP) is 4.58. The molecule has 2 aliphatic rings. The molecule has 1 atom stereocenters. The van der Waals surface area contributed by atoms with Gasteiger partial charge in [-0.2, -0.15) is 0 Å². The average Bonchev–Trinajstić information content (AvgIpc) is 3.24. The standard InChI is InChI=1S/C21H24N2O4S2/c1-12(13-8-9-15-16(10-13)27-11-26-15)22-21(28)23-19-18(20(24)25-2)14-6-4-3-5-7-17(14)29-19/h8-10,12H,3-7,11H2,1-2H3,(H2,22,23,28). The minimum atomic E-state index is -0.307. The van der Waals surface area contributed by atoms with E-state index in [4.69, 9.17) is 26.4 Å². The van der Waals surface area contributed by atoms with Crippen molar-refractivity contribution in [2.75, 3.05) is 19.2 Å². The lowest BCUT2D eigenvalue weighted by Crippen LogP contribution is -2.31. The first-order valence-electron chi connectivity index (χ1n) is 9.76. The van der Waals surface area contributed by atoms with E-state index in [9.17, 15) is 4.79 Å². The topological polar surface area (TPSA) is 68.8 Å². The van der Waals surface area contributed by atoms with E-state index in [1.807, 2.05) is 25.1 Å². The SMILES string of the molecule is COC(=O)c1c(NC(=S)NC(C)c2ccc3c(c2)OCO3)sc2c1CCCCC2. The summed E-state index contributed by atoms with van der Waals surface area (Å²) in [5.74, 6) is 1.19. The van der Waals surface area contributed by atoms with Gasteiger partial charge < -0.3 is 24.8 Å². The number of ether oxygens (including phenoxy) is 3. The van der Waals surface area contributed by atoms with Crippen molar-refractivity contribution in [2.24, 2.45) is 0 Å². The maximum Gasteiger partial charge on any atom is 0.341 e. The Morgan fingerprint density at radius 1 is 1.21 bits per heavy atom. The fraction of sp³-hybridized carbons (Fsp3) is 0.429. The second-order valence-corrected chi connectivity index (χ2v) is 8.71. The third kappa shape index (κ3) is 4.18. The summed E-state index contributed by atoms with van der Waals surface area (Å²) in [5, 5.41) is 7.76. The highest BCUT2D eigenvalue weighted by Crippen LogP contribution is 2.38. The summed E-state index contributed by atoms with van der Waals surface area (Å²) in [6.45, 7) is 2.27. The van der Waals surface area contributed by atoms with Crippen LogP contribution in [0.3, 0.4) is 0 Å². The van der Waals surface area contributed by atoms with Crippen molar-refractivity contribution >= 4 is 39.6 Å². The maximum absolute atomic E-state index is 12.5. The second kappa shape index (κ2) is 8.59. The van der Waals surface area contributed by atoms with Crippen molar-refractivity contribution in [2.45, 2.75) is 45.1 Å². The molecule has 0 bridgehead atoms. The molecule has 4 rings (SSSR count). The predicted molar refractivity (Wildman–Crippen MR) is 117 cm³/mol. The molecule has 1 aliphatic carbocycles. The quantitative estimate of drug-likeness (QED) is 0.416. The van der Waals surface area contributed by atoms with Crippen LogP contribution in [0.15, 0.2) is 18.2 Å². The van der Waals surface area contributed by atoms with Gasteiger partial charge in [-0.15, -0.1) is 11.3 Å². The Kier molecular flexibility index (Phi) is 5.91. The molecule has 0 spiro atoms. The minimum Gasteiger partial charge on any atom is -0.465 e. The lowest BCUT2D eigenvalue weighted by molar-refractivity contribution is 0.0601. The number of methoxy groups -OCH3 is 1. The number of thiophene rings is 1. The van der Waals surface area contributed by atoms with Crippen LogP contribution in [0.5, 0.6) is 11.5 Å². The number of nitrogens with one attached hydrogen (secondary N) is 2. The van der Waals surface area contributed by atoms with E-state index >= 15 is 0 Å². The number of esters is 1. The maximum atomic E-state index is 12.5. The van der Waals surface area contributed by atoms with Gasteiger partial charge in [-0.05, 0) is 68.1 Å². The number of carbonyl (C=O) groups is 1. The van der Waals surface area contributed by atoms with Gasteiger partial charge in [0, 0.05) is 4.88 Å². The molecule has 0 radical (unpaired) electrons. The molecule has 1 aromatic carbocycles. The second-order valence-electron chi connectivity index (χ2n) is 7.19. The van der Waals surface area contributed by atoms with Gasteiger partial charge in [0.15, 0.2) is 16.6 Å².